The number of hydrogen-bond acceptors (Lipinski definition) is 2. The molecule has 2 rings (SSSR count). The van der Waals surface area contributed by atoms with Gasteiger partial charge in [0.25, 0.3) is 0 Å². The summed E-state index contributed by atoms with van der Waals surface area (Å²) in [5.74, 6) is -0.247. The minimum absolute atomic E-state index is 0. The van der Waals surface area contributed by atoms with Crippen LogP contribution in [0.3, 0.4) is 0 Å². The van der Waals surface area contributed by atoms with E-state index in [0.717, 1.165) is 5.56 Å². The minimum atomic E-state index is -0.247. The van der Waals surface area contributed by atoms with Crippen LogP contribution in [0.25, 0.3) is 6.08 Å². The lowest BCUT2D eigenvalue weighted by Gasteiger charge is -2.03. The highest BCUT2D eigenvalue weighted by Crippen LogP contribution is 2.16. The minimum Gasteiger partial charge on any atom is -0.323 e. The van der Waals surface area contributed by atoms with Gasteiger partial charge in [-0.2, -0.15) is 0 Å². The number of carbonyl (C=O) groups excluding carboxylic acids is 1. The summed E-state index contributed by atoms with van der Waals surface area (Å²) >= 11 is 9.95. The first-order chi connectivity index (χ1) is 10.1. The third-order valence-electron chi connectivity index (χ3n) is 2.75. The van der Waals surface area contributed by atoms with E-state index in [2.05, 4.69) is 17.9 Å². The van der Waals surface area contributed by atoms with Crippen LogP contribution in [0.2, 0.25) is 5.02 Å². The van der Waals surface area contributed by atoms with E-state index in [-0.39, 0.29) is 34.9 Å². The number of halogens is 2. The van der Waals surface area contributed by atoms with E-state index in [1.54, 1.807) is 36.4 Å². The Kier molecular flexibility index (Phi) is 7.64. The largest absolute Gasteiger partial charge is 0.323 e. The second kappa shape index (κ2) is 8.97. The smallest absolute Gasteiger partial charge is 0.248 e. The Bertz CT molecular complexity index is 702. The molecule has 6 heteroatoms. The predicted octanol–water partition coefficient (Wildman–Crippen LogP) is 4.87. The van der Waals surface area contributed by atoms with Gasteiger partial charge in [0.1, 0.15) is 0 Å². The Balaban J connectivity index is 0.00000242. The Labute approximate surface area is 156 Å². The number of hydrogen-bond donors (Lipinski definition) is 3. The highest BCUT2D eigenvalue weighted by atomic mass is 127. The van der Waals surface area contributed by atoms with E-state index in [0.29, 0.717) is 16.3 Å². The lowest BCUT2D eigenvalue weighted by molar-refractivity contribution is -0.111. The molecule has 114 valence electrons. The van der Waals surface area contributed by atoms with Crippen LogP contribution in [0.4, 0.5) is 5.69 Å². The van der Waals surface area contributed by atoms with E-state index in [4.69, 9.17) is 17.0 Å². The number of benzene rings is 2. The maximum Gasteiger partial charge on any atom is 0.248 e. The topological polar surface area (TPSA) is 53.0 Å². The van der Waals surface area contributed by atoms with Gasteiger partial charge in [0.15, 0.2) is 0 Å². The fourth-order valence-electron chi connectivity index (χ4n) is 1.67. The van der Waals surface area contributed by atoms with Gasteiger partial charge in [-0.3, -0.25) is 10.2 Å². The molecule has 0 unspecified atom stereocenters. The van der Waals surface area contributed by atoms with Gasteiger partial charge in [-0.1, -0.05) is 41.9 Å². The fraction of sp³-hybridized carbons (Fsp3) is 0. The first kappa shape index (κ1) is 18.7. The van der Waals surface area contributed by atoms with E-state index < -0.39 is 0 Å². The zero-order valence-electron chi connectivity index (χ0n) is 11.4. The molecule has 0 bridgehead atoms. The van der Waals surface area contributed by atoms with Crippen molar-refractivity contribution in [2.45, 2.75) is 0 Å². The molecular weight excluding hydrogens is 431 g/mol. The van der Waals surface area contributed by atoms with Crippen molar-refractivity contribution >= 4 is 70.9 Å². The lowest BCUT2D eigenvalue weighted by Crippen LogP contribution is -2.07. The molecule has 22 heavy (non-hydrogen) atoms. The Hall–Kier alpha value is -1.31. The molecule has 0 fully saturated rings. The summed E-state index contributed by atoms with van der Waals surface area (Å²) in [6.07, 6.45) is 3.09. The fourth-order valence-corrected chi connectivity index (χ4v) is 2.02. The Morgan fingerprint density at radius 1 is 1.14 bits per heavy atom. The molecule has 3 nitrogen and oxygen atoms in total. The van der Waals surface area contributed by atoms with Crippen LogP contribution in [0.5, 0.6) is 0 Å². The molecule has 0 aromatic heterocycles. The average molecular weight is 445 g/mol. The second-order valence-corrected chi connectivity index (χ2v) is 5.12. The first-order valence-electron chi connectivity index (χ1n) is 6.18. The van der Waals surface area contributed by atoms with Gasteiger partial charge in [-0.25, -0.2) is 0 Å². The van der Waals surface area contributed by atoms with Crippen molar-refractivity contribution in [1.82, 2.24) is 0 Å². The molecule has 0 aliphatic rings. The molecule has 1 amide bonds. The summed E-state index contributed by atoms with van der Waals surface area (Å²) in [4.78, 5) is 11.8. The first-order valence-corrected chi connectivity index (χ1v) is 7.00. The summed E-state index contributed by atoms with van der Waals surface area (Å²) in [6.45, 7) is 0. The van der Waals surface area contributed by atoms with Crippen molar-refractivity contribution in [3.63, 3.8) is 0 Å². The van der Waals surface area contributed by atoms with Crippen LogP contribution in [0.15, 0.2) is 54.6 Å². The average Bonchev–Trinajstić information content (AvgIpc) is 2.47. The Morgan fingerprint density at radius 2 is 1.77 bits per heavy atom. The second-order valence-electron chi connectivity index (χ2n) is 4.27. The normalized spacial score (nSPS) is 10.1. The van der Waals surface area contributed by atoms with Gasteiger partial charge in [-0.15, -0.1) is 36.6 Å². The van der Waals surface area contributed by atoms with Gasteiger partial charge in [-0.05, 0) is 29.8 Å². The van der Waals surface area contributed by atoms with E-state index >= 15 is 0 Å². The van der Waals surface area contributed by atoms with Gasteiger partial charge in [0.2, 0.25) is 5.91 Å². The molecule has 2 aromatic rings. The summed E-state index contributed by atoms with van der Waals surface area (Å²) < 4.78 is 0. The van der Waals surface area contributed by atoms with E-state index in [1.807, 2.05) is 18.2 Å². The molecular formula is C16H14ClIN2OS. The number of rotatable bonds is 4. The van der Waals surface area contributed by atoms with Crippen molar-refractivity contribution in [2.24, 2.45) is 0 Å². The number of anilines is 1. The third-order valence-corrected chi connectivity index (χ3v) is 3.35. The number of amides is 1. The van der Waals surface area contributed by atoms with Gasteiger partial charge in [0.05, 0.1) is 5.04 Å². The zero-order valence-corrected chi connectivity index (χ0v) is 15.4. The number of thiol groups is 1. The molecule has 0 atom stereocenters. The van der Waals surface area contributed by atoms with Crippen molar-refractivity contribution < 1.29 is 4.79 Å². The SMILES string of the molecule is I.N=C(S)c1ccc(NC(=O)C=Cc2ccccc2Cl)cc1. The number of nitrogens with one attached hydrogen (secondary N) is 2. The molecule has 0 radical (unpaired) electrons. The van der Waals surface area contributed by atoms with Crippen LogP contribution in [-0.4, -0.2) is 11.0 Å². The molecule has 0 spiro atoms. The van der Waals surface area contributed by atoms with Crippen LogP contribution in [0.1, 0.15) is 11.1 Å². The molecule has 0 heterocycles. The lowest BCUT2D eigenvalue weighted by atomic mass is 10.2. The van der Waals surface area contributed by atoms with Crippen LogP contribution in [-0.2, 0) is 4.79 Å². The van der Waals surface area contributed by atoms with Crippen molar-refractivity contribution in [2.75, 3.05) is 5.32 Å². The van der Waals surface area contributed by atoms with Crippen molar-refractivity contribution in [3.05, 3.63) is 70.8 Å². The van der Waals surface area contributed by atoms with Crippen LogP contribution >= 0.6 is 48.2 Å². The standard InChI is InChI=1S/C16H13ClN2OS.HI/c17-14-4-2-1-3-11(14)7-10-15(20)19-13-8-5-12(6-9-13)16(18)21;/h1-10H,(H2,18,21)(H,19,20);1H. The molecule has 2 aromatic carbocycles. The van der Waals surface area contributed by atoms with Crippen molar-refractivity contribution in [3.8, 4) is 0 Å². The van der Waals surface area contributed by atoms with Crippen molar-refractivity contribution in [1.29, 1.82) is 5.41 Å². The summed E-state index contributed by atoms with van der Waals surface area (Å²) in [6, 6.07) is 14.2. The number of carbonyl (C=O) groups is 1. The maximum atomic E-state index is 11.8. The predicted molar refractivity (Wildman–Crippen MR) is 107 cm³/mol. The quantitative estimate of drug-likeness (QED) is 0.204. The summed E-state index contributed by atoms with van der Waals surface area (Å²) in [5, 5.41) is 10.9. The zero-order chi connectivity index (χ0) is 15.2. The summed E-state index contributed by atoms with van der Waals surface area (Å²) in [5.41, 5.74) is 2.14. The molecule has 0 saturated heterocycles. The van der Waals surface area contributed by atoms with Crippen LogP contribution in [0, 0.1) is 5.41 Å². The molecule has 0 aliphatic heterocycles. The monoisotopic (exact) mass is 444 g/mol. The highest BCUT2D eigenvalue weighted by Gasteiger charge is 2.00. The van der Waals surface area contributed by atoms with Gasteiger partial charge in [0, 0.05) is 22.3 Å². The van der Waals surface area contributed by atoms with Gasteiger partial charge < -0.3 is 5.32 Å². The Morgan fingerprint density at radius 3 is 2.36 bits per heavy atom. The van der Waals surface area contributed by atoms with Gasteiger partial charge >= 0.3 is 0 Å². The molecule has 0 saturated carbocycles. The third kappa shape index (κ3) is 5.47. The van der Waals surface area contributed by atoms with Crippen LogP contribution < -0.4 is 5.32 Å². The van der Waals surface area contributed by atoms with E-state index in [1.165, 1.54) is 6.08 Å². The highest BCUT2D eigenvalue weighted by molar-refractivity contribution is 14.0. The molecule has 2 N–H and O–H groups in total. The maximum absolute atomic E-state index is 11.8. The summed E-state index contributed by atoms with van der Waals surface area (Å²) in [7, 11) is 0. The van der Waals surface area contributed by atoms with E-state index in [9.17, 15) is 4.79 Å². The molecule has 0 aliphatic carbocycles.